The first-order chi connectivity index (χ1) is 8.79. The van der Waals surface area contributed by atoms with E-state index in [1.54, 1.807) is 7.11 Å². The van der Waals surface area contributed by atoms with Gasteiger partial charge in [0.25, 0.3) is 0 Å². The van der Waals surface area contributed by atoms with Crippen molar-refractivity contribution in [1.82, 2.24) is 0 Å². The van der Waals surface area contributed by atoms with Gasteiger partial charge in [-0.15, -0.1) is 0 Å². The van der Waals surface area contributed by atoms with E-state index in [4.69, 9.17) is 19.9 Å². The number of hydrogen-bond acceptors (Lipinski definition) is 4. The van der Waals surface area contributed by atoms with E-state index in [1.807, 2.05) is 24.3 Å². The van der Waals surface area contributed by atoms with Crippen LogP contribution in [0.15, 0.2) is 24.3 Å². The van der Waals surface area contributed by atoms with E-state index in [0.717, 1.165) is 30.8 Å². The molecule has 1 heterocycles. The molecule has 1 aromatic rings. The molecule has 1 aromatic carbocycles. The molecule has 2 N–H and O–H groups in total. The molecule has 1 unspecified atom stereocenters. The number of hydrogen-bond donors (Lipinski definition) is 1. The highest BCUT2D eigenvalue weighted by Gasteiger charge is 2.32. The van der Waals surface area contributed by atoms with Gasteiger partial charge in [-0.1, -0.05) is 18.2 Å². The lowest BCUT2D eigenvalue weighted by molar-refractivity contribution is -0.130. The molecule has 1 aliphatic heterocycles. The average molecular weight is 251 g/mol. The van der Waals surface area contributed by atoms with Crippen LogP contribution >= 0.6 is 0 Å². The molecule has 1 fully saturated rings. The fourth-order valence-corrected chi connectivity index (χ4v) is 2.21. The van der Waals surface area contributed by atoms with Gasteiger partial charge in [0.05, 0.1) is 20.3 Å². The van der Waals surface area contributed by atoms with E-state index >= 15 is 0 Å². The maximum atomic E-state index is 6.02. The molecule has 2 rings (SSSR count). The Labute approximate surface area is 108 Å². The van der Waals surface area contributed by atoms with Gasteiger partial charge in [-0.25, -0.2) is 0 Å². The van der Waals surface area contributed by atoms with Crippen LogP contribution in [0.4, 0.5) is 0 Å². The lowest BCUT2D eigenvalue weighted by atomic mass is 9.96. The molecule has 4 nitrogen and oxygen atoms in total. The minimum atomic E-state index is -0.334. The summed E-state index contributed by atoms with van der Waals surface area (Å²) in [7, 11) is 1.67. The maximum absolute atomic E-state index is 6.02. The van der Waals surface area contributed by atoms with Crippen LogP contribution in [-0.2, 0) is 16.1 Å². The Bertz CT molecular complexity index is 375. The van der Waals surface area contributed by atoms with Crippen LogP contribution < -0.4 is 10.5 Å². The summed E-state index contributed by atoms with van der Waals surface area (Å²) in [5, 5.41) is 0. The number of rotatable bonds is 5. The van der Waals surface area contributed by atoms with Crippen LogP contribution in [0.3, 0.4) is 0 Å². The second-order valence-corrected chi connectivity index (χ2v) is 4.64. The summed E-state index contributed by atoms with van der Waals surface area (Å²) in [6.45, 7) is 2.38. The van der Waals surface area contributed by atoms with Crippen molar-refractivity contribution in [1.29, 1.82) is 0 Å². The molecule has 1 saturated heterocycles. The third-order valence-electron chi connectivity index (χ3n) is 3.38. The largest absolute Gasteiger partial charge is 0.496 e. The van der Waals surface area contributed by atoms with Gasteiger partial charge in [-0.05, 0) is 18.9 Å². The summed E-state index contributed by atoms with van der Waals surface area (Å²) in [6, 6.07) is 7.87. The normalized spacial score (nSPS) is 23.9. The van der Waals surface area contributed by atoms with Crippen LogP contribution in [0.25, 0.3) is 0 Å². The molecule has 100 valence electrons. The summed E-state index contributed by atoms with van der Waals surface area (Å²) < 4.78 is 16.8. The SMILES string of the molecule is COc1ccccc1COC1(CN)CCCOC1. The van der Waals surface area contributed by atoms with Crippen LogP contribution in [0.1, 0.15) is 18.4 Å². The second-order valence-electron chi connectivity index (χ2n) is 4.64. The summed E-state index contributed by atoms with van der Waals surface area (Å²) in [5.74, 6) is 0.849. The molecule has 18 heavy (non-hydrogen) atoms. The second kappa shape index (κ2) is 6.18. The first-order valence-electron chi connectivity index (χ1n) is 6.33. The van der Waals surface area contributed by atoms with Gasteiger partial charge in [-0.3, -0.25) is 0 Å². The first-order valence-corrected chi connectivity index (χ1v) is 6.33. The molecule has 0 radical (unpaired) electrons. The predicted molar refractivity (Wildman–Crippen MR) is 69.6 cm³/mol. The average Bonchev–Trinajstić information content (AvgIpc) is 2.46. The lowest BCUT2D eigenvalue weighted by Gasteiger charge is -2.36. The van der Waals surface area contributed by atoms with Crippen LogP contribution in [0.5, 0.6) is 5.75 Å². The van der Waals surface area contributed by atoms with E-state index in [9.17, 15) is 0 Å². The molecule has 1 aliphatic rings. The Hall–Kier alpha value is -1.10. The Morgan fingerprint density at radius 1 is 1.39 bits per heavy atom. The van der Waals surface area contributed by atoms with Crippen LogP contribution in [-0.4, -0.2) is 32.5 Å². The monoisotopic (exact) mass is 251 g/mol. The summed E-state index contributed by atoms with van der Waals surface area (Å²) in [6.07, 6.45) is 1.96. The number of nitrogens with two attached hydrogens (primary N) is 1. The Morgan fingerprint density at radius 2 is 2.22 bits per heavy atom. The molecular formula is C14H21NO3. The van der Waals surface area contributed by atoms with Crippen molar-refractivity contribution in [3.63, 3.8) is 0 Å². The minimum absolute atomic E-state index is 0.334. The standard InChI is InChI=1S/C14H21NO3/c1-16-13-6-3-2-5-12(13)9-18-14(10-15)7-4-8-17-11-14/h2-3,5-6H,4,7-11,15H2,1H3. The molecule has 0 aromatic heterocycles. The molecule has 0 bridgehead atoms. The van der Waals surface area contributed by atoms with Crippen LogP contribution in [0.2, 0.25) is 0 Å². The highest BCUT2D eigenvalue weighted by molar-refractivity contribution is 5.32. The molecule has 0 amide bonds. The quantitative estimate of drug-likeness (QED) is 0.865. The Balaban J connectivity index is 2.01. The number of benzene rings is 1. The Kier molecular flexibility index (Phi) is 4.58. The molecule has 0 saturated carbocycles. The topological polar surface area (TPSA) is 53.7 Å². The molecule has 4 heteroatoms. The van der Waals surface area contributed by atoms with Gasteiger partial charge < -0.3 is 19.9 Å². The highest BCUT2D eigenvalue weighted by atomic mass is 16.5. The zero-order valence-corrected chi connectivity index (χ0v) is 10.9. The summed E-state index contributed by atoms with van der Waals surface area (Å²) in [4.78, 5) is 0. The molecule has 0 aliphatic carbocycles. The van der Waals surface area contributed by atoms with Crippen LogP contribution in [0, 0.1) is 0 Å². The van der Waals surface area contributed by atoms with E-state index < -0.39 is 0 Å². The molecule has 0 spiro atoms. The summed E-state index contributed by atoms with van der Waals surface area (Å²) >= 11 is 0. The minimum Gasteiger partial charge on any atom is -0.496 e. The molecule has 1 atom stereocenters. The van der Waals surface area contributed by atoms with E-state index in [-0.39, 0.29) is 5.60 Å². The van der Waals surface area contributed by atoms with Crippen molar-refractivity contribution in [3.8, 4) is 5.75 Å². The van der Waals surface area contributed by atoms with Gasteiger partial charge in [0.2, 0.25) is 0 Å². The van der Waals surface area contributed by atoms with Gasteiger partial charge in [0, 0.05) is 18.7 Å². The fourth-order valence-electron chi connectivity index (χ4n) is 2.21. The predicted octanol–water partition coefficient (Wildman–Crippen LogP) is 1.72. The van der Waals surface area contributed by atoms with Gasteiger partial charge in [0.1, 0.15) is 11.4 Å². The highest BCUT2D eigenvalue weighted by Crippen LogP contribution is 2.26. The summed E-state index contributed by atoms with van der Waals surface area (Å²) in [5.41, 5.74) is 6.54. The third-order valence-corrected chi connectivity index (χ3v) is 3.38. The number of para-hydroxylation sites is 1. The van der Waals surface area contributed by atoms with Crippen molar-refractivity contribution in [2.45, 2.75) is 25.0 Å². The number of methoxy groups -OCH3 is 1. The third kappa shape index (κ3) is 3.02. The smallest absolute Gasteiger partial charge is 0.124 e. The fraction of sp³-hybridized carbons (Fsp3) is 0.571. The van der Waals surface area contributed by atoms with Gasteiger partial charge in [-0.2, -0.15) is 0 Å². The van der Waals surface area contributed by atoms with Crippen molar-refractivity contribution >= 4 is 0 Å². The maximum Gasteiger partial charge on any atom is 0.124 e. The van der Waals surface area contributed by atoms with Gasteiger partial charge in [0.15, 0.2) is 0 Å². The van der Waals surface area contributed by atoms with Crippen molar-refractivity contribution in [2.75, 3.05) is 26.9 Å². The number of ether oxygens (including phenoxy) is 3. The first kappa shape index (κ1) is 13.3. The zero-order chi connectivity index (χ0) is 12.8. The lowest BCUT2D eigenvalue weighted by Crippen LogP contribution is -2.47. The van der Waals surface area contributed by atoms with Crippen molar-refractivity contribution in [2.24, 2.45) is 5.73 Å². The van der Waals surface area contributed by atoms with E-state index in [0.29, 0.717) is 19.8 Å². The van der Waals surface area contributed by atoms with Crippen molar-refractivity contribution < 1.29 is 14.2 Å². The Morgan fingerprint density at radius 3 is 2.89 bits per heavy atom. The van der Waals surface area contributed by atoms with Gasteiger partial charge >= 0.3 is 0 Å². The van der Waals surface area contributed by atoms with E-state index in [1.165, 1.54) is 0 Å². The van der Waals surface area contributed by atoms with Crippen molar-refractivity contribution in [3.05, 3.63) is 29.8 Å². The zero-order valence-electron chi connectivity index (χ0n) is 10.9. The van der Waals surface area contributed by atoms with E-state index in [2.05, 4.69) is 0 Å². The molecular weight excluding hydrogens is 230 g/mol.